The molecule has 1 aromatic rings. The van der Waals surface area contributed by atoms with Crippen LogP contribution in [0.3, 0.4) is 0 Å². The molecule has 0 aliphatic heterocycles. The quantitative estimate of drug-likeness (QED) is 0.836. The molecule has 0 spiro atoms. The van der Waals surface area contributed by atoms with Gasteiger partial charge < -0.3 is 5.73 Å². The third-order valence-corrected chi connectivity index (χ3v) is 4.15. The fourth-order valence-electron chi connectivity index (χ4n) is 2.84. The maximum atomic E-state index is 5.69. The number of hydrogen-bond donors (Lipinski definition) is 1. The van der Waals surface area contributed by atoms with Gasteiger partial charge >= 0.3 is 0 Å². The van der Waals surface area contributed by atoms with Gasteiger partial charge in [-0.25, -0.2) is 0 Å². The van der Waals surface area contributed by atoms with Crippen LogP contribution in [0.2, 0.25) is 0 Å². The summed E-state index contributed by atoms with van der Waals surface area (Å²) < 4.78 is 0. The molecule has 0 saturated heterocycles. The lowest BCUT2D eigenvalue weighted by Gasteiger charge is -2.21. The van der Waals surface area contributed by atoms with Gasteiger partial charge in [0.05, 0.1) is 0 Å². The number of hydrogen-bond acceptors (Lipinski definition) is 1. The molecule has 0 bridgehead atoms. The second-order valence-corrected chi connectivity index (χ2v) is 5.59. The van der Waals surface area contributed by atoms with E-state index in [-0.39, 0.29) is 0 Å². The Morgan fingerprint density at radius 1 is 1.12 bits per heavy atom. The maximum absolute atomic E-state index is 5.69. The van der Waals surface area contributed by atoms with E-state index in [9.17, 15) is 0 Å². The van der Waals surface area contributed by atoms with Crippen molar-refractivity contribution in [1.29, 1.82) is 0 Å². The molecule has 0 aromatic heterocycles. The van der Waals surface area contributed by atoms with Crippen molar-refractivity contribution in [3.05, 3.63) is 35.4 Å². The molecule has 94 valence electrons. The van der Waals surface area contributed by atoms with Gasteiger partial charge in [0.15, 0.2) is 0 Å². The standard InChI is InChI=1S/C16H25N/c1-13(12-17)16-9-7-15(8-10-16)11-14-5-3-2-4-6-14/h7-10,13-14H,2-6,11-12,17H2,1H3. The molecule has 2 N–H and O–H groups in total. The van der Waals surface area contributed by atoms with Gasteiger partial charge in [-0.3, -0.25) is 0 Å². The molecular formula is C16H25N. The molecule has 1 fully saturated rings. The molecule has 1 heteroatoms. The Labute approximate surface area is 105 Å². The van der Waals surface area contributed by atoms with E-state index in [1.54, 1.807) is 0 Å². The van der Waals surface area contributed by atoms with E-state index in [4.69, 9.17) is 5.73 Å². The summed E-state index contributed by atoms with van der Waals surface area (Å²) >= 11 is 0. The SMILES string of the molecule is CC(CN)c1ccc(CC2CCCCC2)cc1. The monoisotopic (exact) mass is 231 g/mol. The number of nitrogens with two attached hydrogens (primary N) is 1. The minimum atomic E-state index is 0.485. The van der Waals surface area contributed by atoms with Crippen molar-refractivity contribution in [1.82, 2.24) is 0 Å². The average Bonchev–Trinajstić information content (AvgIpc) is 2.40. The first-order valence-corrected chi connectivity index (χ1v) is 7.08. The first kappa shape index (κ1) is 12.6. The summed E-state index contributed by atoms with van der Waals surface area (Å²) in [6.07, 6.45) is 8.46. The van der Waals surface area contributed by atoms with Gasteiger partial charge in [-0.2, -0.15) is 0 Å². The van der Waals surface area contributed by atoms with Gasteiger partial charge in [0.25, 0.3) is 0 Å². The van der Waals surface area contributed by atoms with E-state index < -0.39 is 0 Å². The maximum Gasteiger partial charge on any atom is -0.00109 e. The highest BCUT2D eigenvalue weighted by Crippen LogP contribution is 2.27. The van der Waals surface area contributed by atoms with Crippen LogP contribution in [0.1, 0.15) is 56.1 Å². The number of rotatable bonds is 4. The molecule has 2 rings (SSSR count). The molecule has 17 heavy (non-hydrogen) atoms. The lowest BCUT2D eigenvalue weighted by Crippen LogP contribution is -2.10. The zero-order valence-corrected chi connectivity index (χ0v) is 11.0. The zero-order valence-electron chi connectivity index (χ0n) is 11.0. The van der Waals surface area contributed by atoms with Crippen molar-refractivity contribution in [3.63, 3.8) is 0 Å². The molecule has 1 aromatic carbocycles. The average molecular weight is 231 g/mol. The van der Waals surface area contributed by atoms with Crippen LogP contribution in [0.4, 0.5) is 0 Å². The van der Waals surface area contributed by atoms with Gasteiger partial charge in [-0.05, 0) is 35.9 Å². The minimum Gasteiger partial charge on any atom is -0.330 e. The fraction of sp³-hybridized carbons (Fsp3) is 0.625. The minimum absolute atomic E-state index is 0.485. The van der Waals surface area contributed by atoms with Crippen LogP contribution < -0.4 is 5.73 Å². The molecule has 1 aliphatic carbocycles. The van der Waals surface area contributed by atoms with Crippen LogP contribution in [-0.4, -0.2) is 6.54 Å². The molecule has 1 unspecified atom stereocenters. The van der Waals surface area contributed by atoms with Gasteiger partial charge in [0.2, 0.25) is 0 Å². The first-order valence-electron chi connectivity index (χ1n) is 7.08. The second kappa shape index (κ2) is 6.20. The molecule has 0 radical (unpaired) electrons. The van der Waals surface area contributed by atoms with Crippen molar-refractivity contribution in [2.45, 2.75) is 51.4 Å². The molecular weight excluding hydrogens is 206 g/mol. The van der Waals surface area contributed by atoms with E-state index in [2.05, 4.69) is 31.2 Å². The Kier molecular flexibility index (Phi) is 4.61. The Balaban J connectivity index is 1.93. The summed E-state index contributed by atoms with van der Waals surface area (Å²) in [4.78, 5) is 0. The van der Waals surface area contributed by atoms with Crippen LogP contribution in [0.5, 0.6) is 0 Å². The van der Waals surface area contributed by atoms with Gasteiger partial charge in [-0.15, -0.1) is 0 Å². The summed E-state index contributed by atoms with van der Waals surface area (Å²) in [5, 5.41) is 0. The van der Waals surface area contributed by atoms with Crippen LogP contribution in [0, 0.1) is 5.92 Å². The van der Waals surface area contributed by atoms with Crippen molar-refractivity contribution in [2.24, 2.45) is 11.7 Å². The normalized spacial score (nSPS) is 19.2. The Morgan fingerprint density at radius 3 is 2.35 bits per heavy atom. The highest BCUT2D eigenvalue weighted by atomic mass is 14.5. The zero-order chi connectivity index (χ0) is 12.1. The van der Waals surface area contributed by atoms with E-state index in [1.807, 2.05) is 0 Å². The van der Waals surface area contributed by atoms with Gasteiger partial charge in [0.1, 0.15) is 0 Å². The fourth-order valence-corrected chi connectivity index (χ4v) is 2.84. The molecule has 1 saturated carbocycles. The predicted molar refractivity (Wildman–Crippen MR) is 74.2 cm³/mol. The summed E-state index contributed by atoms with van der Waals surface area (Å²) in [6.45, 7) is 2.93. The van der Waals surface area contributed by atoms with Crippen LogP contribution >= 0.6 is 0 Å². The molecule has 0 heterocycles. The topological polar surface area (TPSA) is 26.0 Å². The lowest BCUT2D eigenvalue weighted by atomic mass is 9.84. The summed E-state index contributed by atoms with van der Waals surface area (Å²) in [7, 11) is 0. The lowest BCUT2D eigenvalue weighted by molar-refractivity contribution is 0.356. The summed E-state index contributed by atoms with van der Waals surface area (Å²) in [5.41, 5.74) is 8.57. The largest absolute Gasteiger partial charge is 0.330 e. The van der Waals surface area contributed by atoms with Gasteiger partial charge in [-0.1, -0.05) is 63.3 Å². The van der Waals surface area contributed by atoms with Crippen molar-refractivity contribution >= 4 is 0 Å². The molecule has 0 amide bonds. The first-order chi connectivity index (χ1) is 8.29. The summed E-state index contributed by atoms with van der Waals surface area (Å²) in [5.74, 6) is 1.42. The van der Waals surface area contributed by atoms with E-state index in [0.717, 1.165) is 12.5 Å². The molecule has 1 aliphatic rings. The van der Waals surface area contributed by atoms with Crippen molar-refractivity contribution in [3.8, 4) is 0 Å². The van der Waals surface area contributed by atoms with Crippen molar-refractivity contribution in [2.75, 3.05) is 6.54 Å². The molecule has 1 atom stereocenters. The van der Waals surface area contributed by atoms with E-state index >= 15 is 0 Å². The van der Waals surface area contributed by atoms with Crippen LogP contribution in [0.15, 0.2) is 24.3 Å². The second-order valence-electron chi connectivity index (χ2n) is 5.59. The Bertz CT molecular complexity index is 322. The Morgan fingerprint density at radius 2 is 1.76 bits per heavy atom. The molecule has 1 nitrogen and oxygen atoms in total. The van der Waals surface area contributed by atoms with E-state index in [1.165, 1.54) is 49.7 Å². The summed E-state index contributed by atoms with van der Waals surface area (Å²) in [6, 6.07) is 9.12. The van der Waals surface area contributed by atoms with Crippen LogP contribution in [-0.2, 0) is 6.42 Å². The Hall–Kier alpha value is -0.820. The predicted octanol–water partition coefficient (Wildman–Crippen LogP) is 3.87. The van der Waals surface area contributed by atoms with Crippen LogP contribution in [0.25, 0.3) is 0 Å². The number of benzene rings is 1. The van der Waals surface area contributed by atoms with E-state index in [0.29, 0.717) is 5.92 Å². The van der Waals surface area contributed by atoms with Crippen molar-refractivity contribution < 1.29 is 0 Å². The van der Waals surface area contributed by atoms with Gasteiger partial charge in [0, 0.05) is 0 Å². The third kappa shape index (κ3) is 3.57. The smallest absolute Gasteiger partial charge is 0.00109 e. The third-order valence-electron chi connectivity index (χ3n) is 4.15. The highest BCUT2D eigenvalue weighted by molar-refractivity contribution is 5.25. The highest BCUT2D eigenvalue weighted by Gasteiger charge is 2.13.